The molecule has 0 aliphatic rings. The third kappa shape index (κ3) is 4.08. The molecule has 128 valence electrons. The first kappa shape index (κ1) is 17.9. The third-order valence-corrected chi connectivity index (χ3v) is 3.51. The maximum absolute atomic E-state index is 14.0. The fourth-order valence-corrected chi connectivity index (χ4v) is 2.25. The van der Waals surface area contributed by atoms with Gasteiger partial charge in [0.25, 0.3) is 5.91 Å². The summed E-state index contributed by atoms with van der Waals surface area (Å²) in [5.74, 6) is -2.44. The van der Waals surface area contributed by atoms with E-state index in [9.17, 15) is 14.0 Å². The zero-order valence-electron chi connectivity index (χ0n) is 13.0. The lowest BCUT2D eigenvalue weighted by Gasteiger charge is -2.15. The van der Waals surface area contributed by atoms with Gasteiger partial charge in [-0.2, -0.15) is 0 Å². The summed E-state index contributed by atoms with van der Waals surface area (Å²) in [5.41, 5.74) is -0.0876. The van der Waals surface area contributed by atoms with Crippen molar-refractivity contribution in [2.24, 2.45) is 5.92 Å². The zero-order chi connectivity index (χ0) is 17.9. The number of rotatable bonds is 6. The summed E-state index contributed by atoms with van der Waals surface area (Å²) < 4.78 is 15.0. The summed E-state index contributed by atoms with van der Waals surface area (Å²) in [6.45, 7) is 3.70. The number of hydrogen-bond acceptors (Lipinski definition) is 4. The number of carboxylic acids is 1. The molecule has 1 amide bonds. The predicted molar refractivity (Wildman–Crippen MR) is 84.7 cm³/mol. The Hall–Kier alpha value is -2.48. The van der Waals surface area contributed by atoms with Gasteiger partial charge in [0.15, 0.2) is 11.5 Å². The highest BCUT2D eigenvalue weighted by Gasteiger charge is 2.23. The van der Waals surface area contributed by atoms with Gasteiger partial charge in [-0.15, -0.1) is 5.10 Å². The molecule has 9 heteroatoms. The average Bonchev–Trinajstić information content (AvgIpc) is 2.98. The lowest BCUT2D eigenvalue weighted by atomic mass is 10.0. The van der Waals surface area contributed by atoms with Crippen molar-refractivity contribution in [1.29, 1.82) is 0 Å². The van der Waals surface area contributed by atoms with Crippen LogP contribution in [0.25, 0.3) is 5.69 Å². The van der Waals surface area contributed by atoms with Crippen molar-refractivity contribution < 1.29 is 19.1 Å². The fraction of sp³-hybridized carbons (Fsp3) is 0.333. The highest BCUT2D eigenvalue weighted by Crippen LogP contribution is 2.20. The highest BCUT2D eigenvalue weighted by molar-refractivity contribution is 6.30. The van der Waals surface area contributed by atoms with Crippen molar-refractivity contribution in [3.63, 3.8) is 0 Å². The Morgan fingerprint density at radius 3 is 2.75 bits per heavy atom. The average molecular weight is 355 g/mol. The predicted octanol–water partition coefficient (Wildman–Crippen LogP) is 2.29. The molecular weight excluding hydrogens is 339 g/mol. The molecule has 1 atom stereocenters. The summed E-state index contributed by atoms with van der Waals surface area (Å²) >= 11 is 5.70. The number of nitrogens with one attached hydrogen (secondary N) is 1. The number of benzene rings is 1. The number of aromatic nitrogens is 3. The molecule has 7 nitrogen and oxygen atoms in total. The van der Waals surface area contributed by atoms with Gasteiger partial charge in [0, 0.05) is 0 Å². The lowest BCUT2D eigenvalue weighted by Crippen LogP contribution is -2.41. The van der Waals surface area contributed by atoms with Crippen LogP contribution in [0.1, 0.15) is 30.8 Å². The molecule has 1 aromatic carbocycles. The molecule has 1 heterocycles. The van der Waals surface area contributed by atoms with Gasteiger partial charge < -0.3 is 10.4 Å². The largest absolute Gasteiger partial charge is 0.480 e. The Balaban J connectivity index is 2.19. The van der Waals surface area contributed by atoms with Crippen LogP contribution >= 0.6 is 11.6 Å². The molecule has 2 rings (SSSR count). The molecule has 0 unspecified atom stereocenters. The van der Waals surface area contributed by atoms with Crippen molar-refractivity contribution >= 4 is 23.5 Å². The summed E-state index contributed by atoms with van der Waals surface area (Å²) in [6, 6.07) is 3.31. The molecule has 0 bridgehead atoms. The Bertz CT molecular complexity index is 763. The maximum atomic E-state index is 14.0. The number of amides is 1. The summed E-state index contributed by atoms with van der Waals surface area (Å²) in [4.78, 5) is 23.3. The van der Waals surface area contributed by atoms with E-state index in [1.807, 2.05) is 13.8 Å². The number of hydrogen-bond donors (Lipinski definition) is 2. The second-order valence-corrected chi connectivity index (χ2v) is 6.02. The van der Waals surface area contributed by atoms with Gasteiger partial charge in [0.2, 0.25) is 0 Å². The minimum absolute atomic E-state index is 0.0333. The second kappa shape index (κ2) is 7.39. The SMILES string of the molecule is CC(C)C[C@H](NC(=O)c1cn(-c2cccc(Cl)c2F)nn1)C(=O)O. The molecule has 0 spiro atoms. The molecule has 24 heavy (non-hydrogen) atoms. The number of halogens is 2. The first-order valence-electron chi connectivity index (χ1n) is 7.20. The van der Waals surface area contributed by atoms with Crippen LogP contribution in [0, 0.1) is 11.7 Å². The smallest absolute Gasteiger partial charge is 0.326 e. The maximum Gasteiger partial charge on any atom is 0.326 e. The Labute approximate surface area is 142 Å². The Morgan fingerprint density at radius 2 is 2.12 bits per heavy atom. The van der Waals surface area contributed by atoms with Crippen LogP contribution in [0.2, 0.25) is 5.02 Å². The molecule has 0 saturated carbocycles. The fourth-order valence-electron chi connectivity index (χ4n) is 2.08. The first-order valence-corrected chi connectivity index (χ1v) is 7.57. The van der Waals surface area contributed by atoms with Gasteiger partial charge in [-0.3, -0.25) is 4.79 Å². The van der Waals surface area contributed by atoms with Crippen LogP contribution in [-0.4, -0.2) is 38.0 Å². The van der Waals surface area contributed by atoms with Crippen LogP contribution < -0.4 is 5.32 Å². The van der Waals surface area contributed by atoms with Crippen molar-refractivity contribution in [1.82, 2.24) is 20.3 Å². The van der Waals surface area contributed by atoms with Gasteiger partial charge in [0.05, 0.1) is 11.2 Å². The van der Waals surface area contributed by atoms with Crippen molar-refractivity contribution in [3.8, 4) is 5.69 Å². The van der Waals surface area contributed by atoms with E-state index in [1.54, 1.807) is 0 Å². The third-order valence-electron chi connectivity index (χ3n) is 3.21. The van der Waals surface area contributed by atoms with E-state index in [-0.39, 0.29) is 28.7 Å². The quantitative estimate of drug-likeness (QED) is 0.829. The van der Waals surface area contributed by atoms with E-state index in [1.165, 1.54) is 24.4 Å². The van der Waals surface area contributed by atoms with Crippen LogP contribution in [0.3, 0.4) is 0 Å². The molecule has 0 saturated heterocycles. The van der Waals surface area contributed by atoms with Gasteiger partial charge in [-0.1, -0.05) is 36.7 Å². The standard InChI is InChI=1S/C15H16ClFN4O3/c1-8(2)6-10(15(23)24)18-14(22)11-7-21(20-19-11)12-5-3-4-9(16)13(12)17/h3-5,7-8,10H,6H2,1-2H3,(H,18,22)(H,23,24)/t10-/m0/s1. The minimum Gasteiger partial charge on any atom is -0.480 e. The summed E-state index contributed by atoms with van der Waals surface area (Å²) in [6.07, 6.45) is 1.48. The summed E-state index contributed by atoms with van der Waals surface area (Å²) in [7, 11) is 0. The molecular formula is C15H16ClFN4O3. The second-order valence-electron chi connectivity index (χ2n) is 5.62. The van der Waals surface area contributed by atoms with Crippen LogP contribution in [0.4, 0.5) is 4.39 Å². The first-order chi connectivity index (χ1) is 11.3. The van der Waals surface area contributed by atoms with E-state index >= 15 is 0 Å². The molecule has 0 fully saturated rings. The number of aliphatic carboxylic acids is 1. The van der Waals surface area contributed by atoms with Crippen molar-refractivity contribution in [2.75, 3.05) is 0 Å². The van der Waals surface area contributed by atoms with E-state index in [4.69, 9.17) is 16.7 Å². The zero-order valence-corrected chi connectivity index (χ0v) is 13.8. The molecule has 0 radical (unpaired) electrons. The van der Waals surface area contributed by atoms with Gasteiger partial charge in [-0.05, 0) is 24.5 Å². The van der Waals surface area contributed by atoms with E-state index in [0.29, 0.717) is 0 Å². The monoisotopic (exact) mass is 354 g/mol. The minimum atomic E-state index is -1.13. The van der Waals surface area contributed by atoms with Crippen LogP contribution in [0.15, 0.2) is 24.4 Å². The molecule has 2 aromatic rings. The van der Waals surface area contributed by atoms with Gasteiger partial charge in [-0.25, -0.2) is 13.9 Å². The number of carbonyl (C=O) groups excluding carboxylic acids is 1. The van der Waals surface area contributed by atoms with Gasteiger partial charge >= 0.3 is 5.97 Å². The lowest BCUT2D eigenvalue weighted by molar-refractivity contribution is -0.139. The van der Waals surface area contributed by atoms with E-state index in [0.717, 1.165) is 4.68 Å². The van der Waals surface area contributed by atoms with E-state index < -0.39 is 23.7 Å². The normalized spacial score (nSPS) is 12.2. The number of carboxylic acid groups (broad SMARTS) is 1. The van der Waals surface area contributed by atoms with Crippen LogP contribution in [0.5, 0.6) is 0 Å². The number of carbonyl (C=O) groups is 2. The Kier molecular flexibility index (Phi) is 5.50. The van der Waals surface area contributed by atoms with Crippen molar-refractivity contribution in [2.45, 2.75) is 26.3 Å². The van der Waals surface area contributed by atoms with Crippen LogP contribution in [-0.2, 0) is 4.79 Å². The molecule has 2 N–H and O–H groups in total. The van der Waals surface area contributed by atoms with Gasteiger partial charge in [0.1, 0.15) is 11.7 Å². The number of nitrogens with zero attached hydrogens (tertiary/aromatic N) is 3. The van der Waals surface area contributed by atoms with E-state index in [2.05, 4.69) is 15.6 Å². The molecule has 0 aliphatic carbocycles. The van der Waals surface area contributed by atoms with Crippen molar-refractivity contribution in [3.05, 3.63) is 40.9 Å². The molecule has 1 aromatic heterocycles. The topological polar surface area (TPSA) is 97.1 Å². The Morgan fingerprint density at radius 1 is 1.42 bits per heavy atom. The highest BCUT2D eigenvalue weighted by atomic mass is 35.5. The summed E-state index contributed by atoms with van der Waals surface area (Å²) in [5, 5.41) is 18.8. The molecule has 0 aliphatic heterocycles.